The van der Waals surface area contributed by atoms with Gasteiger partial charge in [0, 0.05) is 76.3 Å². The molecule has 0 aromatic rings. The van der Waals surface area contributed by atoms with E-state index >= 15 is 0 Å². The predicted molar refractivity (Wildman–Crippen MR) is 221 cm³/mol. The minimum atomic E-state index is -2.03. The second kappa shape index (κ2) is 32.2. The van der Waals surface area contributed by atoms with Crippen LogP contribution in [0.15, 0.2) is 0 Å². The fourth-order valence-electron chi connectivity index (χ4n) is 6.27. The smallest absolute Gasteiger partial charge is 0.303 e. The number of nitrogens with one attached hydrogen (secondary N) is 4. The Labute approximate surface area is 374 Å². The molecular weight excluding hydrogens is 872 g/mol. The molecule has 0 aliphatic rings. The summed E-state index contributed by atoms with van der Waals surface area (Å²) >= 11 is 0. The fourth-order valence-corrected chi connectivity index (χ4v) is 6.27. The summed E-state index contributed by atoms with van der Waals surface area (Å²) in [6.07, 6.45) is -20.3. The van der Waals surface area contributed by atoms with Crippen molar-refractivity contribution >= 4 is 52.9 Å². The minimum Gasteiger partial charge on any atom is -0.481 e. The lowest BCUT2D eigenvalue weighted by molar-refractivity contribution is -0.139. The number of aliphatic hydroxyl groups is 10. The molecule has 25 nitrogen and oxygen atoms in total. The van der Waals surface area contributed by atoms with Crippen LogP contribution in [0.25, 0.3) is 0 Å². The molecule has 0 spiro atoms. The second-order valence-corrected chi connectivity index (χ2v) is 15.6. The van der Waals surface area contributed by atoms with Gasteiger partial charge in [-0.2, -0.15) is 0 Å². The summed E-state index contributed by atoms with van der Waals surface area (Å²) in [6, 6.07) is -2.98. The van der Waals surface area contributed by atoms with Crippen molar-refractivity contribution in [1.82, 2.24) is 21.3 Å². The Bertz CT molecular complexity index is 1550. The van der Waals surface area contributed by atoms with Gasteiger partial charge in [-0.25, -0.2) is 0 Å². The van der Waals surface area contributed by atoms with E-state index in [1.54, 1.807) is 6.92 Å². The Kier molecular flexibility index (Phi) is 29.9. The third-order valence-corrected chi connectivity index (χ3v) is 10.4. The molecule has 0 radical (unpaired) electrons. The number of amides is 4. The molecule has 0 rings (SSSR count). The topological polar surface area (TPSA) is 445 Å². The average molecular weight is 941 g/mol. The number of Topliss-reactive ketones (excluding diaryl/α,β-unsaturated/α-hetero) is 3. The summed E-state index contributed by atoms with van der Waals surface area (Å²) in [5.41, 5.74) is 0. The zero-order valence-corrected chi connectivity index (χ0v) is 36.5. The molecule has 0 unspecified atom stereocenters. The Morgan fingerprint density at radius 2 is 0.831 bits per heavy atom. The standard InChI is InChI=1S/C40H68N4O21/c1-3-5-22(47)14-20(6-10-31(54)41-16-27(50)35(60)37(62)29(52)18-45)39(64)44-24(9-13-34(58)59)26(49)15-21(40(65)43-23(25(48)4-2)8-12-33(56)57)7-11-32(55)42-17-28(51)36(61)38(63)30(53)19-46/h20-21,23-24,27-30,35-38,45-46,50-53,60-63H,3-19H2,1-2H3,(H,41,54)(H,42,55)(H,43,65)(H,44,64)(H,56,57)(H,58,59)/t20-,21-,23+,24+,27+,28+,29-,30-,35-,36-,37-,38-/m1/s1. The van der Waals surface area contributed by atoms with Crippen molar-refractivity contribution in [3.8, 4) is 0 Å². The number of carboxylic acids is 2. The van der Waals surface area contributed by atoms with E-state index in [0.29, 0.717) is 6.42 Å². The molecule has 374 valence electrons. The van der Waals surface area contributed by atoms with Crippen molar-refractivity contribution in [2.24, 2.45) is 11.8 Å². The van der Waals surface area contributed by atoms with E-state index in [-0.39, 0.29) is 25.7 Å². The van der Waals surface area contributed by atoms with E-state index in [1.807, 2.05) is 0 Å². The first-order valence-electron chi connectivity index (χ1n) is 21.2. The molecule has 0 fully saturated rings. The van der Waals surface area contributed by atoms with Gasteiger partial charge < -0.3 is 82.5 Å². The summed E-state index contributed by atoms with van der Waals surface area (Å²) in [7, 11) is 0. The Balaban J connectivity index is 6.41. The number of carbonyl (C=O) groups is 9. The lowest BCUT2D eigenvalue weighted by atomic mass is 9.90. The Morgan fingerprint density at radius 1 is 0.462 bits per heavy atom. The first-order valence-corrected chi connectivity index (χ1v) is 21.2. The highest BCUT2D eigenvalue weighted by Crippen LogP contribution is 2.20. The summed E-state index contributed by atoms with van der Waals surface area (Å²) in [5, 5.41) is 125. The second-order valence-electron chi connectivity index (χ2n) is 15.6. The van der Waals surface area contributed by atoms with Crippen molar-refractivity contribution in [1.29, 1.82) is 0 Å². The van der Waals surface area contributed by atoms with Gasteiger partial charge in [-0.15, -0.1) is 0 Å². The maximum absolute atomic E-state index is 13.9. The van der Waals surface area contributed by atoms with Crippen molar-refractivity contribution in [2.45, 2.75) is 158 Å². The third-order valence-electron chi connectivity index (χ3n) is 10.4. The van der Waals surface area contributed by atoms with Crippen LogP contribution in [-0.4, -0.2) is 201 Å². The van der Waals surface area contributed by atoms with E-state index in [1.165, 1.54) is 6.92 Å². The van der Waals surface area contributed by atoms with Gasteiger partial charge in [-0.05, 0) is 32.1 Å². The summed E-state index contributed by atoms with van der Waals surface area (Å²) in [6.45, 7) is -0.124. The molecule has 0 aromatic carbocycles. The number of ketones is 3. The van der Waals surface area contributed by atoms with Gasteiger partial charge in [0.1, 0.15) is 42.4 Å². The van der Waals surface area contributed by atoms with Crippen LogP contribution in [0.2, 0.25) is 0 Å². The van der Waals surface area contributed by atoms with Gasteiger partial charge >= 0.3 is 11.9 Å². The highest BCUT2D eigenvalue weighted by atomic mass is 16.4. The summed E-state index contributed by atoms with van der Waals surface area (Å²) < 4.78 is 0. The Hall–Kier alpha value is -4.57. The lowest BCUT2D eigenvalue weighted by Gasteiger charge is -2.26. The van der Waals surface area contributed by atoms with Gasteiger partial charge in [-0.3, -0.25) is 43.2 Å². The van der Waals surface area contributed by atoms with Crippen LogP contribution >= 0.6 is 0 Å². The number of aliphatic hydroxyl groups excluding tert-OH is 10. The number of hydrogen-bond acceptors (Lipinski definition) is 19. The molecule has 16 N–H and O–H groups in total. The van der Waals surface area contributed by atoms with Crippen LogP contribution in [0, 0.1) is 11.8 Å². The van der Waals surface area contributed by atoms with Crippen LogP contribution < -0.4 is 21.3 Å². The highest BCUT2D eigenvalue weighted by Gasteiger charge is 2.35. The predicted octanol–water partition coefficient (Wildman–Crippen LogP) is -5.72. The van der Waals surface area contributed by atoms with Gasteiger partial charge in [0.2, 0.25) is 23.6 Å². The van der Waals surface area contributed by atoms with E-state index in [0.717, 1.165) is 0 Å². The third kappa shape index (κ3) is 24.0. The highest BCUT2D eigenvalue weighted by molar-refractivity contribution is 5.96. The summed E-state index contributed by atoms with van der Waals surface area (Å²) in [4.78, 5) is 115. The quantitative estimate of drug-likeness (QED) is 0.0276. The molecule has 25 heteroatoms. The molecule has 0 aliphatic carbocycles. The van der Waals surface area contributed by atoms with Gasteiger partial charge in [-0.1, -0.05) is 13.8 Å². The zero-order chi connectivity index (χ0) is 50.0. The van der Waals surface area contributed by atoms with Crippen LogP contribution in [0.4, 0.5) is 0 Å². The van der Waals surface area contributed by atoms with Crippen molar-refractivity contribution in [3.63, 3.8) is 0 Å². The molecule has 12 atom stereocenters. The largest absolute Gasteiger partial charge is 0.481 e. The molecule has 0 saturated heterocycles. The van der Waals surface area contributed by atoms with E-state index in [2.05, 4.69) is 21.3 Å². The molecule has 0 heterocycles. The minimum absolute atomic E-state index is 0.0240. The van der Waals surface area contributed by atoms with Gasteiger partial charge in [0.15, 0.2) is 11.6 Å². The maximum Gasteiger partial charge on any atom is 0.303 e. The lowest BCUT2D eigenvalue weighted by Crippen LogP contribution is -2.49. The molecule has 65 heavy (non-hydrogen) atoms. The van der Waals surface area contributed by atoms with E-state index in [4.69, 9.17) is 10.2 Å². The monoisotopic (exact) mass is 940 g/mol. The number of hydrogen-bond donors (Lipinski definition) is 16. The summed E-state index contributed by atoms with van der Waals surface area (Å²) in [5.74, 6) is -11.1. The SMILES string of the molecule is CCCC(=O)C[C@@H](CCC(=O)NC[C@H](O)[C@@H](O)[C@H](O)[C@H](O)CO)C(=O)N[C@@H](CCC(=O)O)C(=O)C[C@@H](CCC(=O)NC[C@H](O)[C@@H](O)[C@H](O)[C@H](O)CO)C(=O)N[C@@H](CCC(=O)O)C(=O)CC. The maximum atomic E-state index is 13.9. The van der Waals surface area contributed by atoms with Crippen LogP contribution in [-0.2, 0) is 43.2 Å². The fraction of sp³-hybridized carbons (Fsp3) is 0.775. The van der Waals surface area contributed by atoms with Crippen molar-refractivity contribution in [2.75, 3.05) is 26.3 Å². The number of rotatable bonds is 37. The van der Waals surface area contributed by atoms with Gasteiger partial charge in [0.25, 0.3) is 0 Å². The molecule has 4 amide bonds. The molecule has 0 aromatic heterocycles. The van der Waals surface area contributed by atoms with E-state index < -0.39 is 203 Å². The average Bonchev–Trinajstić information content (AvgIpc) is 3.27. The van der Waals surface area contributed by atoms with Crippen molar-refractivity contribution in [3.05, 3.63) is 0 Å². The van der Waals surface area contributed by atoms with Crippen LogP contribution in [0.3, 0.4) is 0 Å². The number of carboxylic acid groups (broad SMARTS) is 2. The first-order chi connectivity index (χ1) is 30.4. The molecule has 0 aliphatic heterocycles. The van der Waals surface area contributed by atoms with Crippen LogP contribution in [0.1, 0.15) is 97.3 Å². The molecular formula is C40H68N4O21. The van der Waals surface area contributed by atoms with Gasteiger partial charge in [0.05, 0.1) is 37.5 Å². The van der Waals surface area contributed by atoms with Crippen LogP contribution in [0.5, 0.6) is 0 Å². The number of aliphatic carboxylic acids is 2. The first kappa shape index (κ1) is 60.4. The zero-order valence-electron chi connectivity index (χ0n) is 36.5. The molecule has 0 saturated carbocycles. The molecule has 0 bridgehead atoms. The normalized spacial score (nSPS) is 17.0. The van der Waals surface area contributed by atoms with Crippen molar-refractivity contribution < 1.29 is 104 Å². The number of carbonyl (C=O) groups excluding carboxylic acids is 7. The van der Waals surface area contributed by atoms with E-state index in [9.17, 15) is 94.2 Å². The Morgan fingerprint density at radius 3 is 1.18 bits per heavy atom.